The van der Waals surface area contributed by atoms with Crippen molar-refractivity contribution in [2.75, 3.05) is 17.2 Å². The monoisotopic (exact) mass is 296 g/mol. The summed E-state index contributed by atoms with van der Waals surface area (Å²) in [5, 5.41) is 2.93. The first-order valence-corrected chi connectivity index (χ1v) is 8.56. The minimum absolute atomic E-state index is 0.0467. The van der Waals surface area contributed by atoms with Crippen molar-refractivity contribution in [1.29, 1.82) is 0 Å². The van der Waals surface area contributed by atoms with E-state index in [1.165, 1.54) is 0 Å². The molecule has 6 heteroatoms. The van der Waals surface area contributed by atoms with Gasteiger partial charge >= 0.3 is 0 Å². The molecule has 1 amide bonds. The molecule has 0 spiro atoms. The molecule has 1 saturated heterocycles. The predicted molar refractivity (Wildman–Crippen MR) is 79.1 cm³/mol. The molecule has 1 fully saturated rings. The molecule has 2 rings (SSSR count). The highest BCUT2D eigenvalue weighted by molar-refractivity contribution is 7.91. The molecule has 0 bridgehead atoms. The lowest BCUT2D eigenvalue weighted by Crippen LogP contribution is -2.42. The molecule has 1 aromatic carbocycles. The van der Waals surface area contributed by atoms with E-state index in [9.17, 15) is 13.2 Å². The summed E-state index contributed by atoms with van der Waals surface area (Å²) in [4.78, 5) is 12.2. The average Bonchev–Trinajstić information content (AvgIpc) is 2.40. The third-order valence-electron chi connectivity index (χ3n) is 3.70. The molecule has 5 nitrogen and oxygen atoms in total. The molecule has 1 unspecified atom stereocenters. The lowest BCUT2D eigenvalue weighted by Gasteiger charge is -2.24. The Bertz CT molecular complexity index is 584. The lowest BCUT2D eigenvalue weighted by atomic mass is 9.99. The molecule has 0 aromatic heterocycles. The van der Waals surface area contributed by atoms with Crippen LogP contribution in [-0.2, 0) is 14.6 Å². The highest BCUT2D eigenvalue weighted by Crippen LogP contribution is 2.19. The van der Waals surface area contributed by atoms with Gasteiger partial charge in [-0.1, -0.05) is 12.1 Å². The quantitative estimate of drug-likeness (QED) is 0.816. The molecule has 0 aliphatic carbocycles. The van der Waals surface area contributed by atoms with Crippen LogP contribution in [0.25, 0.3) is 0 Å². The number of nitrogen functional groups attached to an aromatic ring is 1. The Balaban J connectivity index is 1.95. The van der Waals surface area contributed by atoms with Gasteiger partial charge in [0.05, 0.1) is 17.4 Å². The normalized spacial score (nSPS) is 20.2. The van der Waals surface area contributed by atoms with Crippen molar-refractivity contribution in [1.82, 2.24) is 5.32 Å². The zero-order chi connectivity index (χ0) is 14.8. The van der Waals surface area contributed by atoms with E-state index in [4.69, 9.17) is 5.73 Å². The van der Waals surface area contributed by atoms with Crippen LogP contribution in [0.3, 0.4) is 0 Å². The zero-order valence-electron chi connectivity index (χ0n) is 11.5. The molecule has 1 heterocycles. The van der Waals surface area contributed by atoms with E-state index in [-0.39, 0.29) is 29.4 Å². The van der Waals surface area contributed by atoms with E-state index in [1.54, 1.807) is 12.1 Å². The second kappa shape index (κ2) is 5.83. The number of hydrogen-bond acceptors (Lipinski definition) is 4. The molecule has 3 N–H and O–H groups in total. The van der Waals surface area contributed by atoms with Crippen LogP contribution < -0.4 is 11.1 Å². The lowest BCUT2D eigenvalue weighted by molar-refractivity contribution is -0.123. The minimum Gasteiger partial charge on any atom is -0.399 e. The Morgan fingerprint density at radius 1 is 1.35 bits per heavy atom. The SMILES string of the molecule is CC(C(=O)NC1CCS(=O)(=O)CC1)c1cccc(N)c1. The van der Waals surface area contributed by atoms with Gasteiger partial charge in [0.1, 0.15) is 9.84 Å². The van der Waals surface area contributed by atoms with Crippen LogP contribution in [0.2, 0.25) is 0 Å². The van der Waals surface area contributed by atoms with Crippen LogP contribution in [0, 0.1) is 0 Å². The number of nitrogens with two attached hydrogens (primary N) is 1. The smallest absolute Gasteiger partial charge is 0.227 e. The van der Waals surface area contributed by atoms with E-state index < -0.39 is 9.84 Å². The van der Waals surface area contributed by atoms with Crippen molar-refractivity contribution in [2.24, 2.45) is 0 Å². The van der Waals surface area contributed by atoms with Crippen LogP contribution >= 0.6 is 0 Å². The summed E-state index contributed by atoms with van der Waals surface area (Å²) < 4.78 is 22.7. The zero-order valence-corrected chi connectivity index (χ0v) is 12.3. The maximum atomic E-state index is 12.2. The van der Waals surface area contributed by atoms with Crippen molar-refractivity contribution >= 4 is 21.4 Å². The summed E-state index contributed by atoms with van der Waals surface area (Å²) in [6.07, 6.45) is 0.995. The highest BCUT2D eigenvalue weighted by Gasteiger charge is 2.26. The molecule has 20 heavy (non-hydrogen) atoms. The Morgan fingerprint density at radius 2 is 2.00 bits per heavy atom. The largest absolute Gasteiger partial charge is 0.399 e. The Labute approximate surface area is 119 Å². The number of hydrogen-bond donors (Lipinski definition) is 2. The fourth-order valence-electron chi connectivity index (χ4n) is 2.34. The second-order valence-corrected chi connectivity index (χ2v) is 7.63. The standard InChI is InChI=1S/C14H20N2O3S/c1-10(11-3-2-4-12(15)9-11)14(17)16-13-5-7-20(18,19)8-6-13/h2-4,9-10,13H,5-8,15H2,1H3,(H,16,17). The topological polar surface area (TPSA) is 89.3 Å². The molecular formula is C14H20N2O3S. The number of rotatable bonds is 3. The summed E-state index contributed by atoms with van der Waals surface area (Å²) in [5.74, 6) is -0.0631. The van der Waals surface area contributed by atoms with Crippen LogP contribution in [-0.4, -0.2) is 31.9 Å². The third-order valence-corrected chi connectivity index (χ3v) is 5.42. The van der Waals surface area contributed by atoms with Gasteiger partial charge in [0.2, 0.25) is 5.91 Å². The Kier molecular flexibility index (Phi) is 4.32. The number of sulfone groups is 1. The molecular weight excluding hydrogens is 276 g/mol. The van der Waals surface area contributed by atoms with E-state index in [2.05, 4.69) is 5.32 Å². The minimum atomic E-state index is -2.90. The maximum absolute atomic E-state index is 12.2. The van der Waals surface area contributed by atoms with Crippen molar-refractivity contribution in [3.05, 3.63) is 29.8 Å². The average molecular weight is 296 g/mol. The van der Waals surface area contributed by atoms with Crippen LogP contribution in [0.1, 0.15) is 31.2 Å². The summed E-state index contributed by atoms with van der Waals surface area (Å²) in [6, 6.07) is 7.21. The second-order valence-electron chi connectivity index (χ2n) is 5.33. The van der Waals surface area contributed by atoms with E-state index >= 15 is 0 Å². The van der Waals surface area contributed by atoms with Crippen LogP contribution in [0.15, 0.2) is 24.3 Å². The summed E-state index contributed by atoms with van der Waals surface area (Å²) in [6.45, 7) is 1.82. The number of carbonyl (C=O) groups excluding carboxylic acids is 1. The molecule has 1 aliphatic rings. The molecule has 1 aliphatic heterocycles. The number of nitrogens with one attached hydrogen (secondary N) is 1. The first kappa shape index (κ1) is 14.8. The van der Waals surface area contributed by atoms with E-state index in [0.717, 1.165) is 5.56 Å². The molecule has 0 saturated carbocycles. The van der Waals surface area contributed by atoms with Crippen LogP contribution in [0.5, 0.6) is 0 Å². The first-order valence-electron chi connectivity index (χ1n) is 6.73. The number of anilines is 1. The van der Waals surface area contributed by atoms with Gasteiger partial charge in [0.25, 0.3) is 0 Å². The third kappa shape index (κ3) is 3.72. The van der Waals surface area contributed by atoms with Gasteiger partial charge in [-0.25, -0.2) is 8.42 Å². The van der Waals surface area contributed by atoms with Gasteiger partial charge in [-0.15, -0.1) is 0 Å². The summed E-state index contributed by atoms with van der Waals surface area (Å²) in [5.41, 5.74) is 7.21. The Hall–Kier alpha value is -1.56. The molecule has 1 atom stereocenters. The van der Waals surface area contributed by atoms with E-state index in [1.807, 2.05) is 19.1 Å². The van der Waals surface area contributed by atoms with Gasteiger partial charge in [0, 0.05) is 11.7 Å². The molecule has 0 radical (unpaired) electrons. The van der Waals surface area contributed by atoms with Gasteiger partial charge < -0.3 is 11.1 Å². The van der Waals surface area contributed by atoms with Crippen molar-refractivity contribution in [3.8, 4) is 0 Å². The van der Waals surface area contributed by atoms with Gasteiger partial charge in [-0.05, 0) is 37.5 Å². The number of carbonyl (C=O) groups is 1. The molecule has 110 valence electrons. The maximum Gasteiger partial charge on any atom is 0.227 e. The first-order chi connectivity index (χ1) is 9.37. The highest BCUT2D eigenvalue weighted by atomic mass is 32.2. The van der Waals surface area contributed by atoms with E-state index in [0.29, 0.717) is 18.5 Å². The summed E-state index contributed by atoms with van der Waals surface area (Å²) >= 11 is 0. The molecule has 1 aromatic rings. The number of amides is 1. The fourth-order valence-corrected chi connectivity index (χ4v) is 3.83. The number of benzene rings is 1. The van der Waals surface area contributed by atoms with Gasteiger partial charge in [-0.2, -0.15) is 0 Å². The van der Waals surface area contributed by atoms with Crippen molar-refractivity contribution in [3.63, 3.8) is 0 Å². The van der Waals surface area contributed by atoms with Crippen molar-refractivity contribution < 1.29 is 13.2 Å². The summed E-state index contributed by atoms with van der Waals surface area (Å²) in [7, 11) is -2.90. The van der Waals surface area contributed by atoms with Crippen molar-refractivity contribution in [2.45, 2.75) is 31.7 Å². The predicted octanol–water partition coefficient (Wildman–Crippen LogP) is 1.07. The fraction of sp³-hybridized carbons (Fsp3) is 0.500. The Morgan fingerprint density at radius 3 is 2.60 bits per heavy atom. The van der Waals surface area contributed by atoms with Gasteiger partial charge in [0.15, 0.2) is 0 Å². The van der Waals surface area contributed by atoms with Gasteiger partial charge in [-0.3, -0.25) is 4.79 Å². The van der Waals surface area contributed by atoms with Crippen LogP contribution in [0.4, 0.5) is 5.69 Å².